The Morgan fingerprint density at radius 3 is 2.82 bits per heavy atom. The SMILES string of the molecule is COc1ccc2c(c1)c(C=O)c(C)n2CCN1CCCC1C. The van der Waals surface area contributed by atoms with Crippen LogP contribution in [0.5, 0.6) is 5.75 Å². The van der Waals surface area contributed by atoms with Gasteiger partial charge in [0.1, 0.15) is 5.75 Å². The molecule has 1 atom stereocenters. The molecule has 2 aromatic rings. The van der Waals surface area contributed by atoms with Gasteiger partial charge in [-0.3, -0.25) is 9.69 Å². The molecule has 0 saturated carbocycles. The highest BCUT2D eigenvalue weighted by molar-refractivity contribution is 6.00. The molecule has 0 radical (unpaired) electrons. The first-order valence-electron chi connectivity index (χ1n) is 8.01. The molecule has 0 N–H and O–H groups in total. The van der Waals surface area contributed by atoms with Crippen molar-refractivity contribution in [1.29, 1.82) is 0 Å². The first kappa shape index (κ1) is 15.1. The fraction of sp³-hybridized carbons (Fsp3) is 0.500. The number of likely N-dealkylation sites (tertiary alicyclic amines) is 1. The number of benzene rings is 1. The highest BCUT2D eigenvalue weighted by Gasteiger charge is 2.21. The number of aldehydes is 1. The Balaban J connectivity index is 1.94. The maximum Gasteiger partial charge on any atom is 0.152 e. The van der Waals surface area contributed by atoms with Gasteiger partial charge in [-0.05, 0) is 51.4 Å². The topological polar surface area (TPSA) is 34.5 Å². The van der Waals surface area contributed by atoms with Crippen LogP contribution in [0.15, 0.2) is 18.2 Å². The van der Waals surface area contributed by atoms with Crippen molar-refractivity contribution < 1.29 is 9.53 Å². The third kappa shape index (κ3) is 2.52. The summed E-state index contributed by atoms with van der Waals surface area (Å²) < 4.78 is 7.56. The molecule has 1 saturated heterocycles. The van der Waals surface area contributed by atoms with E-state index in [0.717, 1.165) is 47.3 Å². The molecule has 1 aromatic heterocycles. The monoisotopic (exact) mass is 300 g/mol. The van der Waals surface area contributed by atoms with E-state index >= 15 is 0 Å². The molecule has 3 rings (SSSR count). The van der Waals surface area contributed by atoms with Crippen molar-refractivity contribution in [2.45, 2.75) is 39.3 Å². The summed E-state index contributed by atoms with van der Waals surface area (Å²) in [5.74, 6) is 0.793. The van der Waals surface area contributed by atoms with Gasteiger partial charge in [-0.2, -0.15) is 0 Å². The van der Waals surface area contributed by atoms with Gasteiger partial charge in [0.05, 0.1) is 7.11 Å². The number of nitrogens with zero attached hydrogens (tertiary/aromatic N) is 2. The Bertz CT molecular complexity index is 690. The van der Waals surface area contributed by atoms with E-state index in [1.54, 1.807) is 7.11 Å². The maximum atomic E-state index is 11.5. The van der Waals surface area contributed by atoms with Crippen LogP contribution in [-0.4, -0.2) is 42.0 Å². The van der Waals surface area contributed by atoms with E-state index < -0.39 is 0 Å². The molecule has 1 fully saturated rings. The highest BCUT2D eigenvalue weighted by Crippen LogP contribution is 2.28. The van der Waals surface area contributed by atoms with Crippen molar-refractivity contribution in [3.05, 3.63) is 29.5 Å². The summed E-state index contributed by atoms with van der Waals surface area (Å²) >= 11 is 0. The van der Waals surface area contributed by atoms with Crippen LogP contribution in [0.1, 0.15) is 35.8 Å². The van der Waals surface area contributed by atoms with Gasteiger partial charge in [0.2, 0.25) is 0 Å². The Hall–Kier alpha value is -1.81. The number of carbonyl (C=O) groups excluding carboxylic acids is 1. The molecule has 1 aliphatic heterocycles. The predicted octanol–water partition coefficient (Wildman–Crippen LogP) is 3.26. The van der Waals surface area contributed by atoms with E-state index in [2.05, 4.69) is 22.5 Å². The van der Waals surface area contributed by atoms with Crippen molar-refractivity contribution >= 4 is 17.2 Å². The van der Waals surface area contributed by atoms with Gasteiger partial charge in [0.15, 0.2) is 6.29 Å². The van der Waals surface area contributed by atoms with Gasteiger partial charge >= 0.3 is 0 Å². The first-order valence-corrected chi connectivity index (χ1v) is 8.01. The van der Waals surface area contributed by atoms with Crippen LogP contribution in [-0.2, 0) is 6.54 Å². The largest absolute Gasteiger partial charge is 0.497 e. The van der Waals surface area contributed by atoms with E-state index in [4.69, 9.17) is 4.74 Å². The van der Waals surface area contributed by atoms with Gasteiger partial charge in [0, 0.05) is 41.3 Å². The Morgan fingerprint density at radius 1 is 1.36 bits per heavy atom. The molecule has 0 spiro atoms. The van der Waals surface area contributed by atoms with Crippen LogP contribution in [0.4, 0.5) is 0 Å². The summed E-state index contributed by atoms with van der Waals surface area (Å²) in [6, 6.07) is 6.65. The maximum absolute atomic E-state index is 11.5. The van der Waals surface area contributed by atoms with Crippen molar-refractivity contribution in [3.63, 3.8) is 0 Å². The van der Waals surface area contributed by atoms with Crippen molar-refractivity contribution in [3.8, 4) is 5.75 Å². The normalized spacial score (nSPS) is 19.0. The van der Waals surface area contributed by atoms with Crippen LogP contribution in [0.25, 0.3) is 10.9 Å². The lowest BCUT2D eigenvalue weighted by molar-refractivity contribution is 0.112. The molecule has 1 unspecified atom stereocenters. The van der Waals surface area contributed by atoms with E-state index in [1.807, 2.05) is 19.1 Å². The van der Waals surface area contributed by atoms with Gasteiger partial charge in [-0.1, -0.05) is 0 Å². The minimum Gasteiger partial charge on any atom is -0.497 e. The average molecular weight is 300 g/mol. The zero-order valence-electron chi connectivity index (χ0n) is 13.6. The van der Waals surface area contributed by atoms with Crippen LogP contribution in [0, 0.1) is 6.92 Å². The van der Waals surface area contributed by atoms with E-state index in [-0.39, 0.29) is 0 Å². The molecule has 118 valence electrons. The molecule has 22 heavy (non-hydrogen) atoms. The fourth-order valence-electron chi connectivity index (χ4n) is 3.60. The second-order valence-corrected chi connectivity index (χ2v) is 6.18. The second-order valence-electron chi connectivity index (χ2n) is 6.18. The number of carbonyl (C=O) groups is 1. The molecule has 1 aliphatic rings. The summed E-state index contributed by atoms with van der Waals surface area (Å²) in [6.45, 7) is 7.48. The number of rotatable bonds is 5. The quantitative estimate of drug-likeness (QED) is 0.795. The minimum atomic E-state index is 0.674. The lowest BCUT2D eigenvalue weighted by Crippen LogP contribution is -2.30. The summed E-state index contributed by atoms with van der Waals surface area (Å²) in [5.41, 5.74) is 2.95. The van der Waals surface area contributed by atoms with Gasteiger partial charge in [-0.15, -0.1) is 0 Å². The average Bonchev–Trinajstić information content (AvgIpc) is 3.05. The summed E-state index contributed by atoms with van der Waals surface area (Å²) in [6.07, 6.45) is 3.55. The van der Waals surface area contributed by atoms with Crippen molar-refractivity contribution in [1.82, 2.24) is 9.47 Å². The molecule has 1 aromatic carbocycles. The number of fused-ring (bicyclic) bond motifs is 1. The predicted molar refractivity (Wildman–Crippen MR) is 88.9 cm³/mol. The number of ether oxygens (including phenoxy) is 1. The number of hydrogen-bond donors (Lipinski definition) is 0. The minimum absolute atomic E-state index is 0.674. The van der Waals surface area contributed by atoms with Crippen LogP contribution in [0.2, 0.25) is 0 Å². The Kier molecular flexibility index (Phi) is 4.21. The van der Waals surface area contributed by atoms with Gasteiger partial charge in [-0.25, -0.2) is 0 Å². The fourth-order valence-corrected chi connectivity index (χ4v) is 3.60. The lowest BCUT2D eigenvalue weighted by Gasteiger charge is -2.22. The van der Waals surface area contributed by atoms with E-state index in [1.165, 1.54) is 19.4 Å². The summed E-state index contributed by atoms with van der Waals surface area (Å²) in [7, 11) is 1.65. The van der Waals surface area contributed by atoms with E-state index in [9.17, 15) is 4.79 Å². The van der Waals surface area contributed by atoms with Crippen LogP contribution < -0.4 is 4.74 Å². The lowest BCUT2D eigenvalue weighted by atomic mass is 10.1. The summed E-state index contributed by atoms with van der Waals surface area (Å²) in [4.78, 5) is 14.0. The highest BCUT2D eigenvalue weighted by atomic mass is 16.5. The third-order valence-electron chi connectivity index (χ3n) is 5.00. The molecule has 4 heteroatoms. The smallest absolute Gasteiger partial charge is 0.152 e. The molecule has 4 nitrogen and oxygen atoms in total. The molecule has 2 heterocycles. The van der Waals surface area contributed by atoms with Crippen LogP contribution >= 0.6 is 0 Å². The number of hydrogen-bond acceptors (Lipinski definition) is 3. The van der Waals surface area contributed by atoms with Crippen molar-refractivity contribution in [2.75, 3.05) is 20.2 Å². The van der Waals surface area contributed by atoms with Gasteiger partial charge < -0.3 is 9.30 Å². The van der Waals surface area contributed by atoms with E-state index in [0.29, 0.717) is 6.04 Å². The zero-order chi connectivity index (χ0) is 15.7. The zero-order valence-corrected chi connectivity index (χ0v) is 13.6. The van der Waals surface area contributed by atoms with Crippen LogP contribution in [0.3, 0.4) is 0 Å². The first-order chi connectivity index (χ1) is 10.7. The molecule has 0 bridgehead atoms. The molecular weight excluding hydrogens is 276 g/mol. The second kappa shape index (κ2) is 6.13. The molecule has 0 amide bonds. The standard InChI is InChI=1S/C18H24N2O2/c1-13-5-4-8-19(13)9-10-20-14(2)17(12-21)16-11-15(22-3)6-7-18(16)20/h6-7,11-13H,4-5,8-10H2,1-3H3. The Morgan fingerprint density at radius 2 is 2.18 bits per heavy atom. The molecular formula is C18H24N2O2. The van der Waals surface area contributed by atoms with Gasteiger partial charge in [0.25, 0.3) is 0 Å². The molecule has 0 aliphatic carbocycles. The number of aromatic nitrogens is 1. The summed E-state index contributed by atoms with van der Waals surface area (Å²) in [5, 5.41) is 0.987. The van der Waals surface area contributed by atoms with Crippen molar-refractivity contribution in [2.24, 2.45) is 0 Å². The third-order valence-corrected chi connectivity index (χ3v) is 5.00. The Labute approximate surface area is 131 Å². The number of methoxy groups -OCH3 is 1.